The molecule has 0 aliphatic rings. The molecular formula is C24H16ClFN4O. The first kappa shape index (κ1) is 19.3. The van der Waals surface area contributed by atoms with Crippen molar-refractivity contribution in [2.24, 2.45) is 0 Å². The molecule has 5 aromatic rings. The maximum atomic E-state index is 15.5. The number of pyridine rings is 2. The summed E-state index contributed by atoms with van der Waals surface area (Å²) in [6, 6.07) is 15.1. The van der Waals surface area contributed by atoms with Gasteiger partial charge in [0.05, 0.1) is 6.61 Å². The van der Waals surface area contributed by atoms with Crippen molar-refractivity contribution < 1.29 is 9.13 Å². The lowest BCUT2D eigenvalue weighted by molar-refractivity contribution is 0.297. The average molecular weight is 431 g/mol. The fourth-order valence-corrected chi connectivity index (χ4v) is 3.79. The molecule has 0 amide bonds. The molecular weight excluding hydrogens is 415 g/mol. The zero-order valence-electron chi connectivity index (χ0n) is 16.3. The number of hydrogen-bond donors (Lipinski definition) is 0. The van der Waals surface area contributed by atoms with Crippen molar-refractivity contribution in [3.05, 3.63) is 89.7 Å². The third-order valence-electron chi connectivity index (χ3n) is 5.00. The quantitative estimate of drug-likeness (QED) is 0.360. The number of hydrogen-bond acceptors (Lipinski definition) is 5. The van der Waals surface area contributed by atoms with Gasteiger partial charge in [0.2, 0.25) is 0 Å². The SMILES string of the molecule is Fc1c(-c2cccc3cccc(Cl)c23)ncc2cnc(OCCc3cccnc3)nc12. The maximum Gasteiger partial charge on any atom is 0.317 e. The minimum Gasteiger partial charge on any atom is -0.463 e. The second-order valence-electron chi connectivity index (χ2n) is 6.98. The van der Waals surface area contributed by atoms with E-state index in [1.807, 2.05) is 36.4 Å². The number of ether oxygens (including phenoxy) is 1. The van der Waals surface area contributed by atoms with Crippen LogP contribution in [0, 0.1) is 5.82 Å². The monoisotopic (exact) mass is 430 g/mol. The van der Waals surface area contributed by atoms with E-state index < -0.39 is 5.82 Å². The second-order valence-corrected chi connectivity index (χ2v) is 7.39. The Hall–Kier alpha value is -3.64. The predicted molar refractivity (Wildman–Crippen MR) is 119 cm³/mol. The Labute approximate surface area is 182 Å². The molecule has 0 N–H and O–H groups in total. The largest absolute Gasteiger partial charge is 0.463 e. The van der Waals surface area contributed by atoms with Crippen molar-refractivity contribution in [2.75, 3.05) is 6.61 Å². The first-order valence-corrected chi connectivity index (χ1v) is 10.1. The first-order chi connectivity index (χ1) is 15.2. The smallest absolute Gasteiger partial charge is 0.317 e. The van der Waals surface area contributed by atoms with Crippen molar-refractivity contribution in [3.8, 4) is 17.3 Å². The molecule has 152 valence electrons. The molecule has 0 radical (unpaired) electrons. The second kappa shape index (κ2) is 8.24. The lowest BCUT2D eigenvalue weighted by Crippen LogP contribution is -2.05. The summed E-state index contributed by atoms with van der Waals surface area (Å²) in [6.45, 7) is 0.357. The van der Waals surface area contributed by atoms with Gasteiger partial charge in [-0.05, 0) is 23.1 Å². The number of nitrogens with zero attached hydrogens (tertiary/aromatic N) is 4. The van der Waals surface area contributed by atoms with Crippen molar-refractivity contribution in [1.82, 2.24) is 19.9 Å². The van der Waals surface area contributed by atoms with Gasteiger partial charge in [0.1, 0.15) is 11.2 Å². The van der Waals surface area contributed by atoms with E-state index in [0.29, 0.717) is 29.0 Å². The van der Waals surface area contributed by atoms with Gasteiger partial charge in [0.25, 0.3) is 0 Å². The van der Waals surface area contributed by atoms with E-state index in [1.54, 1.807) is 30.7 Å². The van der Waals surface area contributed by atoms with E-state index in [2.05, 4.69) is 19.9 Å². The highest BCUT2D eigenvalue weighted by Crippen LogP contribution is 2.35. The minimum atomic E-state index is -0.538. The highest BCUT2D eigenvalue weighted by Gasteiger charge is 2.17. The van der Waals surface area contributed by atoms with Crippen LogP contribution < -0.4 is 4.74 Å². The number of halogens is 2. The summed E-state index contributed by atoms with van der Waals surface area (Å²) in [5.74, 6) is -0.538. The number of benzene rings is 2. The van der Waals surface area contributed by atoms with Crippen LogP contribution in [0.15, 0.2) is 73.3 Å². The molecule has 0 fully saturated rings. The summed E-state index contributed by atoms with van der Waals surface area (Å²) in [7, 11) is 0. The summed E-state index contributed by atoms with van der Waals surface area (Å²) in [5.41, 5.74) is 1.99. The van der Waals surface area contributed by atoms with Gasteiger partial charge in [-0.2, -0.15) is 4.98 Å². The van der Waals surface area contributed by atoms with Crippen LogP contribution in [-0.4, -0.2) is 26.5 Å². The van der Waals surface area contributed by atoms with Crippen LogP contribution in [0.2, 0.25) is 5.02 Å². The van der Waals surface area contributed by atoms with Gasteiger partial charge in [-0.3, -0.25) is 9.97 Å². The van der Waals surface area contributed by atoms with Gasteiger partial charge >= 0.3 is 6.01 Å². The molecule has 5 rings (SSSR count). The molecule has 0 unspecified atom stereocenters. The molecule has 31 heavy (non-hydrogen) atoms. The molecule has 0 aliphatic carbocycles. The Kier molecular flexibility index (Phi) is 5.14. The molecule has 0 bridgehead atoms. The molecule has 0 saturated carbocycles. The van der Waals surface area contributed by atoms with Crippen molar-refractivity contribution >= 4 is 33.3 Å². The van der Waals surface area contributed by atoms with Crippen LogP contribution >= 0.6 is 11.6 Å². The third-order valence-corrected chi connectivity index (χ3v) is 5.31. The Balaban J connectivity index is 1.51. The minimum absolute atomic E-state index is 0.114. The van der Waals surface area contributed by atoms with E-state index in [4.69, 9.17) is 16.3 Å². The molecule has 5 nitrogen and oxygen atoms in total. The average Bonchev–Trinajstić information content (AvgIpc) is 2.80. The van der Waals surface area contributed by atoms with E-state index in [9.17, 15) is 0 Å². The van der Waals surface area contributed by atoms with Crippen LogP contribution in [0.3, 0.4) is 0 Å². The van der Waals surface area contributed by atoms with Gasteiger partial charge in [-0.25, -0.2) is 9.37 Å². The number of fused-ring (bicyclic) bond motifs is 2. The van der Waals surface area contributed by atoms with Crippen molar-refractivity contribution in [2.45, 2.75) is 6.42 Å². The molecule has 7 heteroatoms. The fourth-order valence-electron chi connectivity index (χ4n) is 3.50. The Morgan fingerprint density at radius 1 is 0.903 bits per heavy atom. The maximum absolute atomic E-state index is 15.5. The lowest BCUT2D eigenvalue weighted by Gasteiger charge is -2.10. The first-order valence-electron chi connectivity index (χ1n) is 9.71. The molecule has 0 atom stereocenters. The van der Waals surface area contributed by atoms with Crippen molar-refractivity contribution in [1.29, 1.82) is 0 Å². The van der Waals surface area contributed by atoms with Crippen LogP contribution in [0.1, 0.15) is 5.56 Å². The van der Waals surface area contributed by atoms with Crippen molar-refractivity contribution in [3.63, 3.8) is 0 Å². The Morgan fingerprint density at radius 3 is 2.58 bits per heavy atom. The van der Waals surface area contributed by atoms with Gasteiger partial charge in [0.15, 0.2) is 5.82 Å². The van der Waals surface area contributed by atoms with Crippen LogP contribution in [-0.2, 0) is 6.42 Å². The van der Waals surface area contributed by atoms with E-state index >= 15 is 4.39 Å². The fraction of sp³-hybridized carbons (Fsp3) is 0.0833. The molecule has 3 heterocycles. The summed E-state index contributed by atoms with van der Waals surface area (Å²) in [5, 5.41) is 2.69. The van der Waals surface area contributed by atoms with E-state index in [1.165, 1.54) is 6.20 Å². The third kappa shape index (κ3) is 3.78. The zero-order chi connectivity index (χ0) is 21.2. The topological polar surface area (TPSA) is 60.8 Å². The summed E-state index contributed by atoms with van der Waals surface area (Å²) in [6.07, 6.45) is 7.21. The predicted octanol–water partition coefficient (Wildman–Crippen LogP) is 5.65. The van der Waals surface area contributed by atoms with Crippen LogP contribution in [0.25, 0.3) is 32.9 Å². The number of rotatable bonds is 5. The standard InChI is InChI=1S/C24H16ClFN4O/c25-19-8-2-6-16-5-1-7-18(20(16)19)23-21(26)22-17(13-28-23)14-29-24(30-22)31-11-9-15-4-3-10-27-12-15/h1-8,10,12-14H,9,11H2. The lowest BCUT2D eigenvalue weighted by atomic mass is 10.0. The van der Waals surface area contributed by atoms with Gasteiger partial charge in [0, 0.05) is 52.6 Å². The molecule has 3 aromatic heterocycles. The number of aromatic nitrogens is 4. The molecule has 2 aromatic carbocycles. The van der Waals surface area contributed by atoms with Gasteiger partial charge in [-0.15, -0.1) is 0 Å². The molecule has 0 aliphatic heterocycles. The Bertz CT molecular complexity index is 1390. The van der Waals surface area contributed by atoms with Crippen LogP contribution in [0.5, 0.6) is 6.01 Å². The van der Waals surface area contributed by atoms with Gasteiger partial charge < -0.3 is 4.74 Å². The summed E-state index contributed by atoms with van der Waals surface area (Å²) < 4.78 is 21.2. The van der Waals surface area contributed by atoms with E-state index in [0.717, 1.165) is 16.3 Å². The summed E-state index contributed by atoms with van der Waals surface area (Å²) >= 11 is 6.42. The highest BCUT2D eigenvalue weighted by molar-refractivity contribution is 6.36. The normalized spacial score (nSPS) is 11.2. The van der Waals surface area contributed by atoms with Gasteiger partial charge in [-0.1, -0.05) is 48.0 Å². The molecule has 0 saturated heterocycles. The zero-order valence-corrected chi connectivity index (χ0v) is 17.1. The highest BCUT2D eigenvalue weighted by atomic mass is 35.5. The Morgan fingerprint density at radius 2 is 1.74 bits per heavy atom. The summed E-state index contributed by atoms with van der Waals surface area (Å²) in [4.78, 5) is 16.9. The van der Waals surface area contributed by atoms with E-state index in [-0.39, 0.29) is 17.2 Å². The molecule has 0 spiro atoms. The van der Waals surface area contributed by atoms with Crippen LogP contribution in [0.4, 0.5) is 4.39 Å².